The van der Waals surface area contributed by atoms with E-state index in [0.717, 1.165) is 23.2 Å². The molecule has 0 atom stereocenters. The van der Waals surface area contributed by atoms with E-state index in [2.05, 4.69) is 6.07 Å². The van der Waals surface area contributed by atoms with E-state index in [1.807, 2.05) is 39.0 Å². The molecule has 1 heterocycles. The molecule has 1 amide bonds. The molecular formula is C15H18N2O2. The molecule has 0 radical (unpaired) electrons. The minimum atomic E-state index is -0.486. The number of hydrogen-bond donors (Lipinski definition) is 0. The van der Waals surface area contributed by atoms with Gasteiger partial charge in [-0.2, -0.15) is 5.26 Å². The molecule has 0 fully saturated rings. The molecule has 1 aliphatic rings. The highest BCUT2D eigenvalue weighted by Crippen LogP contribution is 2.30. The zero-order valence-corrected chi connectivity index (χ0v) is 11.6. The van der Waals surface area contributed by atoms with Gasteiger partial charge in [0.25, 0.3) is 0 Å². The number of amides is 1. The molecular weight excluding hydrogens is 240 g/mol. The second-order valence-corrected chi connectivity index (χ2v) is 5.68. The summed E-state index contributed by atoms with van der Waals surface area (Å²) in [6, 6.07) is 7.93. The van der Waals surface area contributed by atoms with Gasteiger partial charge in [-0.25, -0.2) is 4.79 Å². The number of nitrogens with zero attached hydrogens (tertiary/aromatic N) is 2. The van der Waals surface area contributed by atoms with Gasteiger partial charge in [0.05, 0.1) is 18.2 Å². The van der Waals surface area contributed by atoms with Crippen molar-refractivity contribution < 1.29 is 9.53 Å². The van der Waals surface area contributed by atoms with E-state index in [-0.39, 0.29) is 6.09 Å². The van der Waals surface area contributed by atoms with Crippen LogP contribution < -0.4 is 4.90 Å². The highest BCUT2D eigenvalue weighted by molar-refractivity contribution is 5.90. The Morgan fingerprint density at radius 1 is 1.47 bits per heavy atom. The van der Waals surface area contributed by atoms with Gasteiger partial charge in [-0.15, -0.1) is 0 Å². The van der Waals surface area contributed by atoms with Crippen LogP contribution in [0.1, 0.15) is 31.9 Å². The Kier molecular flexibility index (Phi) is 3.48. The smallest absolute Gasteiger partial charge is 0.414 e. The minimum absolute atomic E-state index is 0.306. The van der Waals surface area contributed by atoms with Crippen molar-refractivity contribution in [1.29, 1.82) is 5.26 Å². The van der Waals surface area contributed by atoms with Gasteiger partial charge in [-0.05, 0) is 44.4 Å². The molecule has 0 unspecified atom stereocenters. The third-order valence-electron chi connectivity index (χ3n) is 2.94. The van der Waals surface area contributed by atoms with Crippen LogP contribution in [-0.2, 0) is 17.6 Å². The van der Waals surface area contributed by atoms with Crippen molar-refractivity contribution in [1.82, 2.24) is 0 Å². The molecule has 19 heavy (non-hydrogen) atoms. The third kappa shape index (κ3) is 3.05. The van der Waals surface area contributed by atoms with Gasteiger partial charge >= 0.3 is 6.09 Å². The summed E-state index contributed by atoms with van der Waals surface area (Å²) in [5, 5.41) is 8.70. The van der Waals surface area contributed by atoms with E-state index in [1.54, 1.807) is 4.90 Å². The second kappa shape index (κ2) is 4.93. The number of carbonyl (C=O) groups is 1. The summed E-state index contributed by atoms with van der Waals surface area (Å²) >= 11 is 0. The number of ether oxygens (including phenoxy) is 1. The van der Waals surface area contributed by atoms with Crippen molar-refractivity contribution in [2.24, 2.45) is 0 Å². The molecule has 0 aromatic heterocycles. The van der Waals surface area contributed by atoms with Crippen molar-refractivity contribution in [3.05, 3.63) is 29.3 Å². The standard InChI is InChI=1S/C15H18N2O2/c1-15(2,3)19-14(18)17-9-7-12-10-11(6-8-16)4-5-13(12)17/h4-5,10H,6-7,9H2,1-3H3. The van der Waals surface area contributed by atoms with Crippen LogP contribution in [0.5, 0.6) is 0 Å². The summed E-state index contributed by atoms with van der Waals surface area (Å²) in [5.41, 5.74) is 2.52. The van der Waals surface area contributed by atoms with Crippen LogP contribution in [0, 0.1) is 11.3 Å². The lowest BCUT2D eigenvalue weighted by atomic mass is 10.1. The number of nitriles is 1. The predicted octanol–water partition coefficient (Wildman–Crippen LogP) is 3.05. The van der Waals surface area contributed by atoms with Gasteiger partial charge in [-0.1, -0.05) is 12.1 Å². The van der Waals surface area contributed by atoms with E-state index < -0.39 is 5.60 Å². The number of fused-ring (bicyclic) bond motifs is 1. The van der Waals surface area contributed by atoms with Gasteiger partial charge in [0.2, 0.25) is 0 Å². The fraction of sp³-hybridized carbons (Fsp3) is 0.467. The molecule has 0 bridgehead atoms. The number of anilines is 1. The minimum Gasteiger partial charge on any atom is -0.443 e. The van der Waals surface area contributed by atoms with Crippen molar-refractivity contribution in [3.8, 4) is 6.07 Å². The maximum Gasteiger partial charge on any atom is 0.414 e. The first kappa shape index (κ1) is 13.4. The number of benzene rings is 1. The molecule has 0 spiro atoms. The van der Waals surface area contributed by atoms with Crippen LogP contribution in [0.2, 0.25) is 0 Å². The highest BCUT2D eigenvalue weighted by atomic mass is 16.6. The average molecular weight is 258 g/mol. The van der Waals surface area contributed by atoms with E-state index >= 15 is 0 Å². The van der Waals surface area contributed by atoms with Gasteiger partial charge in [-0.3, -0.25) is 4.90 Å². The summed E-state index contributed by atoms with van der Waals surface area (Å²) < 4.78 is 5.39. The summed E-state index contributed by atoms with van der Waals surface area (Å²) in [6.45, 7) is 6.22. The Labute approximate surface area is 113 Å². The van der Waals surface area contributed by atoms with Gasteiger partial charge in [0.1, 0.15) is 5.60 Å². The SMILES string of the molecule is CC(C)(C)OC(=O)N1CCc2cc(CC#N)ccc21. The van der Waals surface area contributed by atoms with E-state index in [1.165, 1.54) is 0 Å². The van der Waals surface area contributed by atoms with Crippen molar-refractivity contribution in [2.75, 3.05) is 11.4 Å². The molecule has 4 heteroatoms. The number of hydrogen-bond acceptors (Lipinski definition) is 3. The summed E-state index contributed by atoms with van der Waals surface area (Å²) in [5.74, 6) is 0. The highest BCUT2D eigenvalue weighted by Gasteiger charge is 2.28. The monoisotopic (exact) mass is 258 g/mol. The number of carbonyl (C=O) groups excluding carboxylic acids is 1. The third-order valence-corrected chi connectivity index (χ3v) is 2.94. The lowest BCUT2D eigenvalue weighted by Gasteiger charge is -2.24. The van der Waals surface area contributed by atoms with Crippen LogP contribution >= 0.6 is 0 Å². The van der Waals surface area contributed by atoms with Crippen LogP contribution in [0.3, 0.4) is 0 Å². The predicted molar refractivity (Wildman–Crippen MR) is 73.0 cm³/mol. The Morgan fingerprint density at radius 3 is 2.84 bits per heavy atom. The van der Waals surface area contributed by atoms with Crippen molar-refractivity contribution in [3.63, 3.8) is 0 Å². The van der Waals surface area contributed by atoms with Gasteiger partial charge in [0, 0.05) is 6.54 Å². The first-order chi connectivity index (χ1) is 8.90. The zero-order chi connectivity index (χ0) is 14.0. The maximum atomic E-state index is 12.1. The first-order valence-corrected chi connectivity index (χ1v) is 6.40. The summed E-state index contributed by atoms with van der Waals surface area (Å²) in [4.78, 5) is 13.7. The Morgan fingerprint density at radius 2 is 2.21 bits per heavy atom. The molecule has 100 valence electrons. The van der Waals surface area contributed by atoms with Crippen LogP contribution in [0.4, 0.5) is 10.5 Å². The maximum absolute atomic E-state index is 12.1. The molecule has 0 N–H and O–H groups in total. The fourth-order valence-corrected chi connectivity index (χ4v) is 2.16. The molecule has 1 aromatic carbocycles. The quantitative estimate of drug-likeness (QED) is 0.778. The fourth-order valence-electron chi connectivity index (χ4n) is 2.16. The van der Waals surface area contributed by atoms with Gasteiger partial charge < -0.3 is 4.74 Å². The lowest BCUT2D eigenvalue weighted by molar-refractivity contribution is 0.0584. The molecule has 0 saturated carbocycles. The molecule has 0 aliphatic carbocycles. The lowest BCUT2D eigenvalue weighted by Crippen LogP contribution is -2.35. The molecule has 2 rings (SSSR count). The average Bonchev–Trinajstić information content (AvgIpc) is 2.70. The van der Waals surface area contributed by atoms with Crippen molar-refractivity contribution >= 4 is 11.8 Å². The summed E-state index contributed by atoms with van der Waals surface area (Å²) in [6.07, 6.45) is 0.910. The van der Waals surface area contributed by atoms with Crippen LogP contribution in [0.25, 0.3) is 0 Å². The Bertz CT molecular complexity index is 538. The molecule has 1 aromatic rings. The molecule has 1 aliphatic heterocycles. The molecule has 4 nitrogen and oxygen atoms in total. The second-order valence-electron chi connectivity index (χ2n) is 5.68. The zero-order valence-electron chi connectivity index (χ0n) is 11.6. The van der Waals surface area contributed by atoms with E-state index in [4.69, 9.17) is 10.00 Å². The van der Waals surface area contributed by atoms with Crippen LogP contribution in [0.15, 0.2) is 18.2 Å². The Hall–Kier alpha value is -2.02. The van der Waals surface area contributed by atoms with Crippen molar-refractivity contribution in [2.45, 2.75) is 39.2 Å². The first-order valence-electron chi connectivity index (χ1n) is 6.40. The largest absolute Gasteiger partial charge is 0.443 e. The van der Waals surface area contributed by atoms with Crippen LogP contribution in [-0.4, -0.2) is 18.2 Å². The van der Waals surface area contributed by atoms with E-state index in [0.29, 0.717) is 13.0 Å². The van der Waals surface area contributed by atoms with E-state index in [9.17, 15) is 4.79 Å². The topological polar surface area (TPSA) is 53.3 Å². The van der Waals surface area contributed by atoms with Gasteiger partial charge in [0.15, 0.2) is 0 Å². The number of rotatable bonds is 1. The summed E-state index contributed by atoms with van der Waals surface area (Å²) in [7, 11) is 0. The molecule has 0 saturated heterocycles. The normalized spacial score (nSPS) is 13.9. The Balaban J connectivity index is 2.19.